The average molecular weight is 286 g/mol. The first-order valence-electron chi connectivity index (χ1n) is 6.76. The Bertz CT molecular complexity index is 641. The van der Waals surface area contributed by atoms with E-state index in [1.54, 1.807) is 12.1 Å². The minimum Gasteiger partial charge on any atom is -0.494 e. The Kier molecular flexibility index (Phi) is 4.77. The summed E-state index contributed by atoms with van der Waals surface area (Å²) in [7, 11) is 0. The van der Waals surface area contributed by atoms with E-state index in [0.717, 1.165) is 16.9 Å². The second-order valence-electron chi connectivity index (χ2n) is 4.61. The first-order valence-corrected chi connectivity index (χ1v) is 6.76. The van der Waals surface area contributed by atoms with E-state index < -0.39 is 5.97 Å². The zero-order chi connectivity index (χ0) is 15.2. The number of hydrogen-bond donors (Lipinski definition) is 2. The molecule has 0 aliphatic rings. The summed E-state index contributed by atoms with van der Waals surface area (Å²) in [6.45, 7) is 5.07. The Balaban J connectivity index is 2.12. The summed E-state index contributed by atoms with van der Waals surface area (Å²) in [6.07, 6.45) is 0. The van der Waals surface area contributed by atoms with Crippen molar-refractivity contribution < 1.29 is 14.6 Å². The van der Waals surface area contributed by atoms with Crippen LogP contribution < -0.4 is 10.1 Å². The molecule has 0 fully saturated rings. The van der Waals surface area contributed by atoms with Crippen molar-refractivity contribution in [2.24, 2.45) is 0 Å². The van der Waals surface area contributed by atoms with Gasteiger partial charge in [-0.05, 0) is 37.6 Å². The number of carboxylic acid groups (broad SMARTS) is 1. The smallest absolute Gasteiger partial charge is 0.354 e. The summed E-state index contributed by atoms with van der Waals surface area (Å²) in [5, 5.41) is 12.0. The maximum atomic E-state index is 10.9. The lowest BCUT2D eigenvalue weighted by atomic mass is 10.1. The topological polar surface area (TPSA) is 71.5 Å². The maximum Gasteiger partial charge on any atom is 0.354 e. The molecule has 1 aromatic heterocycles. The van der Waals surface area contributed by atoms with Gasteiger partial charge in [0.15, 0.2) is 5.69 Å². The van der Waals surface area contributed by atoms with Gasteiger partial charge in [0, 0.05) is 12.1 Å². The van der Waals surface area contributed by atoms with E-state index >= 15 is 0 Å². The highest BCUT2D eigenvalue weighted by Crippen LogP contribution is 2.21. The molecule has 0 aliphatic heterocycles. The summed E-state index contributed by atoms with van der Waals surface area (Å²) in [6, 6.07) is 10.9. The number of aryl methyl sites for hydroxylation is 1. The van der Waals surface area contributed by atoms with Gasteiger partial charge >= 0.3 is 5.97 Å². The highest BCUT2D eigenvalue weighted by Gasteiger charge is 2.07. The number of aromatic carboxylic acids is 1. The molecule has 5 heteroatoms. The van der Waals surface area contributed by atoms with Crippen molar-refractivity contribution >= 4 is 11.8 Å². The fourth-order valence-corrected chi connectivity index (χ4v) is 1.94. The molecule has 0 aliphatic carbocycles. The van der Waals surface area contributed by atoms with Crippen LogP contribution >= 0.6 is 0 Å². The summed E-state index contributed by atoms with van der Waals surface area (Å²) in [5.74, 6) is 0.321. The lowest BCUT2D eigenvalue weighted by Crippen LogP contribution is -2.07. The predicted molar refractivity (Wildman–Crippen MR) is 80.9 cm³/mol. The molecule has 0 radical (unpaired) electrons. The van der Waals surface area contributed by atoms with Gasteiger partial charge in [0.2, 0.25) is 0 Å². The average Bonchev–Trinajstić information content (AvgIpc) is 2.47. The van der Waals surface area contributed by atoms with Crippen LogP contribution in [0.4, 0.5) is 5.82 Å². The quantitative estimate of drug-likeness (QED) is 0.853. The summed E-state index contributed by atoms with van der Waals surface area (Å²) >= 11 is 0. The normalized spacial score (nSPS) is 10.2. The van der Waals surface area contributed by atoms with Crippen LogP contribution in [0.5, 0.6) is 5.75 Å². The lowest BCUT2D eigenvalue weighted by molar-refractivity contribution is 0.0690. The van der Waals surface area contributed by atoms with Gasteiger partial charge in [0.05, 0.1) is 6.61 Å². The molecule has 0 amide bonds. The first-order chi connectivity index (χ1) is 10.1. The standard InChI is InChI=1S/C16H18N2O3/c1-3-21-14-9-11(2)7-8-12(14)10-17-15-6-4-5-13(18-15)16(19)20/h4-9H,3,10H2,1-2H3,(H,17,18)(H,19,20). The highest BCUT2D eigenvalue weighted by molar-refractivity contribution is 5.85. The Hall–Kier alpha value is -2.56. The van der Waals surface area contributed by atoms with Gasteiger partial charge < -0.3 is 15.2 Å². The van der Waals surface area contributed by atoms with E-state index in [-0.39, 0.29) is 5.69 Å². The SMILES string of the molecule is CCOc1cc(C)ccc1CNc1cccc(C(=O)O)n1. The zero-order valence-electron chi connectivity index (χ0n) is 12.1. The minimum atomic E-state index is -1.04. The fourth-order valence-electron chi connectivity index (χ4n) is 1.94. The number of pyridine rings is 1. The number of anilines is 1. The largest absolute Gasteiger partial charge is 0.494 e. The number of nitrogens with zero attached hydrogens (tertiary/aromatic N) is 1. The van der Waals surface area contributed by atoms with Gasteiger partial charge in [0.25, 0.3) is 0 Å². The van der Waals surface area contributed by atoms with Crippen molar-refractivity contribution in [1.82, 2.24) is 4.98 Å². The molecule has 0 atom stereocenters. The van der Waals surface area contributed by atoms with E-state index in [2.05, 4.69) is 10.3 Å². The van der Waals surface area contributed by atoms with Crippen LogP contribution in [0.2, 0.25) is 0 Å². The van der Waals surface area contributed by atoms with Crippen molar-refractivity contribution in [3.63, 3.8) is 0 Å². The van der Waals surface area contributed by atoms with Gasteiger partial charge in [-0.25, -0.2) is 9.78 Å². The summed E-state index contributed by atoms with van der Waals surface area (Å²) < 4.78 is 5.61. The molecule has 0 spiro atoms. The maximum absolute atomic E-state index is 10.9. The van der Waals surface area contributed by atoms with Crippen molar-refractivity contribution in [1.29, 1.82) is 0 Å². The Labute approximate surface area is 123 Å². The first kappa shape index (κ1) is 14.8. The molecule has 2 rings (SSSR count). The summed E-state index contributed by atoms with van der Waals surface area (Å²) in [4.78, 5) is 14.9. The number of benzene rings is 1. The van der Waals surface area contributed by atoms with Crippen molar-refractivity contribution in [2.75, 3.05) is 11.9 Å². The Morgan fingerprint density at radius 2 is 2.14 bits per heavy atom. The monoisotopic (exact) mass is 286 g/mol. The van der Waals surface area contributed by atoms with E-state index in [1.807, 2.05) is 32.0 Å². The van der Waals surface area contributed by atoms with Crippen LogP contribution in [-0.2, 0) is 6.54 Å². The molecule has 2 N–H and O–H groups in total. The molecule has 0 saturated carbocycles. The second kappa shape index (κ2) is 6.74. The molecule has 0 unspecified atom stereocenters. The van der Waals surface area contributed by atoms with Crippen LogP contribution in [0.15, 0.2) is 36.4 Å². The molecule has 2 aromatic rings. The lowest BCUT2D eigenvalue weighted by Gasteiger charge is -2.12. The third-order valence-electron chi connectivity index (χ3n) is 2.95. The molecular weight excluding hydrogens is 268 g/mol. The number of ether oxygens (including phenoxy) is 1. The minimum absolute atomic E-state index is 0.0222. The number of carboxylic acids is 1. The zero-order valence-corrected chi connectivity index (χ0v) is 12.1. The molecule has 21 heavy (non-hydrogen) atoms. The molecular formula is C16H18N2O3. The van der Waals surface area contributed by atoms with Gasteiger partial charge in [-0.2, -0.15) is 0 Å². The van der Waals surface area contributed by atoms with Crippen LogP contribution in [0, 0.1) is 6.92 Å². The van der Waals surface area contributed by atoms with Gasteiger partial charge in [-0.1, -0.05) is 18.2 Å². The number of hydrogen-bond acceptors (Lipinski definition) is 4. The second-order valence-corrected chi connectivity index (χ2v) is 4.61. The predicted octanol–water partition coefficient (Wildman–Crippen LogP) is 3.10. The van der Waals surface area contributed by atoms with Crippen LogP contribution in [-0.4, -0.2) is 22.7 Å². The molecule has 5 nitrogen and oxygen atoms in total. The fraction of sp³-hybridized carbons (Fsp3) is 0.250. The Morgan fingerprint density at radius 3 is 2.86 bits per heavy atom. The number of rotatable bonds is 6. The number of carbonyl (C=O) groups is 1. The van der Waals surface area contributed by atoms with Gasteiger partial charge in [0.1, 0.15) is 11.6 Å². The molecule has 110 valence electrons. The van der Waals surface area contributed by atoms with Gasteiger partial charge in [-0.3, -0.25) is 0 Å². The third-order valence-corrected chi connectivity index (χ3v) is 2.95. The highest BCUT2D eigenvalue weighted by atomic mass is 16.5. The van der Waals surface area contributed by atoms with Crippen molar-refractivity contribution in [3.05, 3.63) is 53.2 Å². The van der Waals surface area contributed by atoms with E-state index in [0.29, 0.717) is 19.0 Å². The number of nitrogens with one attached hydrogen (secondary N) is 1. The summed E-state index contributed by atoms with van der Waals surface area (Å²) in [5.41, 5.74) is 2.16. The third kappa shape index (κ3) is 3.95. The van der Waals surface area contributed by atoms with Crippen molar-refractivity contribution in [2.45, 2.75) is 20.4 Å². The van der Waals surface area contributed by atoms with Crippen LogP contribution in [0.1, 0.15) is 28.5 Å². The van der Waals surface area contributed by atoms with E-state index in [9.17, 15) is 4.79 Å². The Morgan fingerprint density at radius 1 is 1.33 bits per heavy atom. The molecule has 1 heterocycles. The number of aromatic nitrogens is 1. The van der Waals surface area contributed by atoms with Crippen molar-refractivity contribution in [3.8, 4) is 5.75 Å². The molecule has 0 bridgehead atoms. The van der Waals surface area contributed by atoms with Gasteiger partial charge in [-0.15, -0.1) is 0 Å². The van der Waals surface area contributed by atoms with Crippen LogP contribution in [0.25, 0.3) is 0 Å². The van der Waals surface area contributed by atoms with E-state index in [4.69, 9.17) is 9.84 Å². The van der Waals surface area contributed by atoms with Crippen LogP contribution in [0.3, 0.4) is 0 Å². The van der Waals surface area contributed by atoms with E-state index in [1.165, 1.54) is 6.07 Å². The molecule has 1 aromatic carbocycles. The molecule has 0 saturated heterocycles.